The van der Waals surface area contributed by atoms with Crippen LogP contribution in [0.15, 0.2) is 12.1 Å². The molecule has 0 fully saturated rings. The number of aromatic hydroxyl groups is 1. The van der Waals surface area contributed by atoms with Crippen LogP contribution in [0.2, 0.25) is 0 Å². The summed E-state index contributed by atoms with van der Waals surface area (Å²) in [6.07, 6.45) is 4.08. The van der Waals surface area contributed by atoms with Gasteiger partial charge in [-0.05, 0) is 42.9 Å². The van der Waals surface area contributed by atoms with E-state index in [2.05, 4.69) is 14.8 Å². The molecule has 0 saturated heterocycles. The normalized spacial score (nSPS) is 14.4. The maximum absolute atomic E-state index is 11.7. The molecule has 0 bridgehead atoms. The number of rotatable bonds is 6. The number of fused-ring (bicyclic) bond motifs is 1. The molecule has 0 radical (unpaired) electrons. The number of carbonyl (C=O) groups is 1. The van der Waals surface area contributed by atoms with E-state index in [1.165, 1.54) is 12.6 Å². The van der Waals surface area contributed by atoms with Gasteiger partial charge in [0.15, 0.2) is 0 Å². The van der Waals surface area contributed by atoms with Crippen molar-refractivity contribution in [2.75, 3.05) is 13.6 Å². The zero-order chi connectivity index (χ0) is 16.2. The zero-order valence-corrected chi connectivity index (χ0v) is 13.3. The molecule has 0 aliphatic heterocycles. The first-order valence-electron chi connectivity index (χ1n) is 7.20. The van der Waals surface area contributed by atoms with E-state index < -0.39 is 16.1 Å². The Morgan fingerprint density at radius 2 is 2.00 bits per heavy atom. The zero-order valence-electron chi connectivity index (χ0n) is 12.5. The molecule has 8 heteroatoms. The van der Waals surface area contributed by atoms with E-state index in [1.807, 2.05) is 6.07 Å². The first-order valence-corrected chi connectivity index (χ1v) is 8.68. The van der Waals surface area contributed by atoms with Crippen LogP contribution in [0.1, 0.15) is 29.5 Å². The highest BCUT2D eigenvalue weighted by atomic mass is 32.2. The third-order valence-corrected chi connectivity index (χ3v) is 4.84. The fourth-order valence-corrected chi connectivity index (χ4v) is 3.04. The number of benzene rings is 1. The van der Waals surface area contributed by atoms with Crippen molar-refractivity contribution in [2.45, 2.75) is 32.2 Å². The van der Waals surface area contributed by atoms with Crippen LogP contribution in [-0.4, -0.2) is 33.0 Å². The van der Waals surface area contributed by atoms with Crippen LogP contribution in [0, 0.1) is 0 Å². The number of aryl methyl sites for hydroxylation is 1. The number of nitrogens with one attached hydrogen (secondary N) is 3. The lowest BCUT2D eigenvalue weighted by Gasteiger charge is -2.20. The van der Waals surface area contributed by atoms with E-state index in [9.17, 15) is 18.3 Å². The molecule has 0 spiro atoms. The number of hydrogen-bond donors (Lipinski definition) is 4. The Bertz CT molecular complexity index is 658. The predicted molar refractivity (Wildman–Crippen MR) is 82.6 cm³/mol. The molecule has 1 aliphatic rings. The van der Waals surface area contributed by atoms with E-state index in [0.29, 0.717) is 0 Å². The van der Waals surface area contributed by atoms with Gasteiger partial charge in [-0.3, -0.25) is 4.79 Å². The monoisotopic (exact) mass is 327 g/mol. The van der Waals surface area contributed by atoms with Crippen molar-refractivity contribution in [3.05, 3.63) is 28.8 Å². The molecule has 1 aromatic rings. The fraction of sp³-hybridized carbons (Fsp3) is 0.500. The smallest absolute Gasteiger partial charge is 0.277 e. The van der Waals surface area contributed by atoms with E-state index in [4.69, 9.17) is 0 Å². The molecule has 22 heavy (non-hydrogen) atoms. The summed E-state index contributed by atoms with van der Waals surface area (Å²) in [5, 5.41) is 12.6. The summed E-state index contributed by atoms with van der Waals surface area (Å²) in [5.41, 5.74) is 3.04. The molecule has 4 N–H and O–H groups in total. The summed E-state index contributed by atoms with van der Waals surface area (Å²) in [4.78, 5) is 11.7. The SMILES string of the molecule is CNS(=O)(=O)NCC(=O)NCc1c(O)ccc2c1CCCC2. The van der Waals surface area contributed by atoms with Crippen molar-refractivity contribution in [1.82, 2.24) is 14.8 Å². The van der Waals surface area contributed by atoms with Crippen LogP contribution < -0.4 is 14.8 Å². The van der Waals surface area contributed by atoms with Crippen molar-refractivity contribution in [3.63, 3.8) is 0 Å². The summed E-state index contributed by atoms with van der Waals surface area (Å²) >= 11 is 0. The summed E-state index contributed by atoms with van der Waals surface area (Å²) in [5.74, 6) is -0.289. The van der Waals surface area contributed by atoms with Gasteiger partial charge in [-0.15, -0.1) is 0 Å². The Kier molecular flexibility index (Phi) is 5.38. The maximum Gasteiger partial charge on any atom is 0.277 e. The van der Waals surface area contributed by atoms with Gasteiger partial charge in [0.2, 0.25) is 5.91 Å². The second-order valence-corrected chi connectivity index (χ2v) is 6.92. The molecule has 7 nitrogen and oxygen atoms in total. The molecule has 0 unspecified atom stereocenters. The molecule has 122 valence electrons. The third kappa shape index (κ3) is 4.19. The summed E-state index contributed by atoms with van der Waals surface area (Å²) in [6.45, 7) is -0.159. The van der Waals surface area contributed by atoms with Gasteiger partial charge in [0.1, 0.15) is 5.75 Å². The van der Waals surface area contributed by atoms with Crippen LogP contribution in [0.4, 0.5) is 0 Å². The quantitative estimate of drug-likeness (QED) is 0.587. The van der Waals surface area contributed by atoms with Gasteiger partial charge < -0.3 is 10.4 Å². The Morgan fingerprint density at radius 1 is 1.27 bits per heavy atom. The summed E-state index contributed by atoms with van der Waals surface area (Å²) in [6, 6.07) is 3.57. The van der Waals surface area contributed by atoms with Crippen molar-refractivity contribution in [1.29, 1.82) is 0 Å². The van der Waals surface area contributed by atoms with Gasteiger partial charge in [0.25, 0.3) is 10.2 Å². The van der Waals surface area contributed by atoms with Crippen molar-refractivity contribution in [3.8, 4) is 5.75 Å². The van der Waals surface area contributed by atoms with Gasteiger partial charge in [0, 0.05) is 19.2 Å². The van der Waals surface area contributed by atoms with E-state index in [0.717, 1.165) is 36.8 Å². The highest BCUT2D eigenvalue weighted by Crippen LogP contribution is 2.30. The minimum absolute atomic E-state index is 0.164. The largest absolute Gasteiger partial charge is 0.508 e. The molecule has 1 aromatic carbocycles. The number of phenolic OH excluding ortho intramolecular Hbond substituents is 1. The van der Waals surface area contributed by atoms with Gasteiger partial charge in [0.05, 0.1) is 6.54 Å². The van der Waals surface area contributed by atoms with Crippen LogP contribution in [0.25, 0.3) is 0 Å². The summed E-state index contributed by atoms with van der Waals surface area (Å²) in [7, 11) is -2.37. The lowest BCUT2D eigenvalue weighted by atomic mass is 9.88. The van der Waals surface area contributed by atoms with Gasteiger partial charge >= 0.3 is 0 Å². The average molecular weight is 327 g/mol. The van der Waals surface area contributed by atoms with Crippen LogP contribution in [0.3, 0.4) is 0 Å². The molecule has 0 atom stereocenters. The molecular formula is C14H21N3O4S. The first kappa shape index (κ1) is 16.7. The molecule has 0 aromatic heterocycles. The van der Waals surface area contributed by atoms with Crippen molar-refractivity contribution in [2.24, 2.45) is 0 Å². The van der Waals surface area contributed by atoms with Gasteiger partial charge in [-0.25, -0.2) is 4.72 Å². The minimum atomic E-state index is -3.63. The highest BCUT2D eigenvalue weighted by molar-refractivity contribution is 7.87. The molecule has 0 saturated carbocycles. The van der Waals surface area contributed by atoms with Crippen molar-refractivity contribution < 1.29 is 18.3 Å². The number of phenols is 1. The van der Waals surface area contributed by atoms with Gasteiger partial charge in [-0.2, -0.15) is 13.1 Å². The Balaban J connectivity index is 1.98. The first-order chi connectivity index (χ1) is 10.4. The van der Waals surface area contributed by atoms with Crippen LogP contribution >= 0.6 is 0 Å². The molecule has 0 heterocycles. The standard InChI is InChI=1S/C14H21N3O4S/c1-15-22(20,21)17-9-14(19)16-8-12-11-5-3-2-4-10(11)6-7-13(12)18/h6-7,15,17-18H,2-5,8-9H2,1H3,(H,16,19). The third-order valence-electron chi connectivity index (χ3n) is 3.78. The molecule has 2 rings (SSSR count). The van der Waals surface area contributed by atoms with Crippen molar-refractivity contribution >= 4 is 16.1 Å². The molecular weight excluding hydrogens is 306 g/mol. The highest BCUT2D eigenvalue weighted by Gasteiger charge is 2.17. The number of carbonyl (C=O) groups excluding carboxylic acids is 1. The topological polar surface area (TPSA) is 108 Å². The number of amides is 1. The Labute approximate surface area is 130 Å². The predicted octanol–water partition coefficient (Wildman–Crippen LogP) is -0.0590. The number of hydrogen-bond acceptors (Lipinski definition) is 4. The fourth-order valence-electron chi connectivity index (χ4n) is 2.57. The summed E-state index contributed by atoms with van der Waals surface area (Å²) < 4.78 is 26.5. The lowest BCUT2D eigenvalue weighted by Crippen LogP contribution is -2.41. The Hall–Kier alpha value is -1.64. The van der Waals surface area contributed by atoms with Crippen LogP contribution in [-0.2, 0) is 34.4 Å². The van der Waals surface area contributed by atoms with Crippen LogP contribution in [0.5, 0.6) is 5.75 Å². The molecule has 1 aliphatic carbocycles. The van der Waals surface area contributed by atoms with E-state index in [1.54, 1.807) is 6.07 Å². The second kappa shape index (κ2) is 7.08. The lowest BCUT2D eigenvalue weighted by molar-refractivity contribution is -0.120. The average Bonchev–Trinajstić information content (AvgIpc) is 2.52. The maximum atomic E-state index is 11.7. The second-order valence-electron chi connectivity index (χ2n) is 5.21. The van der Waals surface area contributed by atoms with Gasteiger partial charge in [-0.1, -0.05) is 6.07 Å². The minimum Gasteiger partial charge on any atom is -0.508 e. The molecule has 1 amide bonds. The Morgan fingerprint density at radius 3 is 2.73 bits per heavy atom. The van der Waals surface area contributed by atoms with E-state index >= 15 is 0 Å². The van der Waals surface area contributed by atoms with E-state index in [-0.39, 0.29) is 18.8 Å².